The Kier molecular flexibility index (Phi) is 13.1. The van der Waals surface area contributed by atoms with Crippen molar-refractivity contribution in [2.75, 3.05) is 28.2 Å². The molecule has 0 amide bonds. The van der Waals surface area contributed by atoms with E-state index in [2.05, 4.69) is 34.5 Å². The summed E-state index contributed by atoms with van der Waals surface area (Å²) in [6.45, 7) is 4.27. The van der Waals surface area contributed by atoms with Gasteiger partial charge < -0.3 is 15.6 Å². The van der Waals surface area contributed by atoms with Crippen LogP contribution in [0.4, 0.5) is 0 Å². The summed E-state index contributed by atoms with van der Waals surface area (Å²) < 4.78 is 0. The quantitative estimate of drug-likeness (QED) is 0.773. The van der Waals surface area contributed by atoms with E-state index in [1.807, 2.05) is 37.0 Å². The van der Waals surface area contributed by atoms with Gasteiger partial charge in [-0.25, -0.2) is 0 Å². The van der Waals surface area contributed by atoms with Crippen LogP contribution in [0.5, 0.6) is 0 Å². The van der Waals surface area contributed by atoms with Crippen LogP contribution in [0.1, 0.15) is 19.5 Å². The fraction of sp³-hybridized carbons (Fsp3) is 0.467. The van der Waals surface area contributed by atoms with Gasteiger partial charge in [0.05, 0.1) is 0 Å². The topological polar surface area (TPSA) is 54.7 Å². The first kappa shape index (κ1) is 21.6. The molecule has 2 heterocycles. The summed E-state index contributed by atoms with van der Waals surface area (Å²) in [7, 11) is 7.00. The monoisotopic (exact) mass is 308 g/mol. The van der Waals surface area contributed by atoms with Crippen LogP contribution < -0.4 is 4.98 Å². The first-order chi connectivity index (χ1) is 9.04. The van der Waals surface area contributed by atoms with Crippen molar-refractivity contribution in [2.24, 2.45) is 4.99 Å². The van der Waals surface area contributed by atoms with E-state index in [9.17, 15) is 0 Å². The van der Waals surface area contributed by atoms with Gasteiger partial charge in [-0.05, 0) is 0 Å². The van der Waals surface area contributed by atoms with Crippen molar-refractivity contribution in [1.82, 2.24) is 4.98 Å². The first-order valence-corrected chi connectivity index (χ1v) is 6.16. The van der Waals surface area contributed by atoms with E-state index in [1.165, 1.54) is 0 Å². The van der Waals surface area contributed by atoms with E-state index in [0.29, 0.717) is 0 Å². The second kappa shape index (κ2) is 12.1. The number of rotatable bonds is 2. The Morgan fingerprint density at radius 1 is 1.10 bits per heavy atom. The predicted molar refractivity (Wildman–Crippen MR) is 84.1 cm³/mol. The van der Waals surface area contributed by atoms with Crippen LogP contribution in [0.3, 0.4) is 0 Å². The molecule has 1 aromatic rings. The molecule has 0 aromatic carbocycles. The molecule has 0 unspecified atom stereocenters. The Bertz CT molecular complexity index is 379. The minimum atomic E-state index is -0.0764. The Labute approximate surface area is 138 Å². The largest absolute Gasteiger partial charge is 3.00 e. The standard InChI is InChI=1S/C11H12N2.2C2H6N.Ti/c1-11(2,9-5-3-7-12-9)10-6-4-8-13-10;2*1-3-2;/h3-8H,1-2H3;2*1-2H3;/q3*-1;+3. The molecule has 0 spiro atoms. The van der Waals surface area contributed by atoms with Crippen LogP contribution in [-0.4, -0.2) is 34.4 Å². The van der Waals surface area contributed by atoms with Gasteiger partial charge in [0.15, 0.2) is 0 Å². The van der Waals surface area contributed by atoms with Crippen molar-refractivity contribution >= 4 is 6.21 Å². The Morgan fingerprint density at radius 3 is 2.00 bits per heavy atom. The van der Waals surface area contributed by atoms with Crippen molar-refractivity contribution in [3.63, 3.8) is 0 Å². The molecule has 2 rings (SSSR count). The molecule has 0 saturated carbocycles. The zero-order valence-electron chi connectivity index (χ0n) is 13.3. The minimum absolute atomic E-state index is 0. The van der Waals surface area contributed by atoms with Gasteiger partial charge >= 0.3 is 21.7 Å². The minimum Gasteiger partial charge on any atom is -0.668 e. The zero-order valence-corrected chi connectivity index (χ0v) is 14.8. The van der Waals surface area contributed by atoms with E-state index in [0.717, 1.165) is 11.4 Å². The molecule has 0 fully saturated rings. The number of aliphatic imine (C=N–C) groups is 1. The average Bonchev–Trinajstić information content (AvgIpc) is 3.06. The second-order valence-electron chi connectivity index (χ2n) is 4.56. The molecule has 5 heteroatoms. The second-order valence-corrected chi connectivity index (χ2v) is 4.56. The van der Waals surface area contributed by atoms with Gasteiger partial charge in [-0.1, -0.05) is 32.1 Å². The van der Waals surface area contributed by atoms with Gasteiger partial charge in [-0.2, -0.15) is 34.4 Å². The van der Waals surface area contributed by atoms with Crippen LogP contribution >= 0.6 is 0 Å². The molecule has 1 aliphatic heterocycles. The summed E-state index contributed by atoms with van der Waals surface area (Å²) in [5.41, 5.74) is 2.07. The molecule has 0 N–H and O–H groups in total. The van der Waals surface area contributed by atoms with Gasteiger partial charge in [0.2, 0.25) is 0 Å². The van der Waals surface area contributed by atoms with Crippen molar-refractivity contribution < 1.29 is 21.7 Å². The van der Waals surface area contributed by atoms with E-state index in [4.69, 9.17) is 0 Å². The van der Waals surface area contributed by atoms with E-state index in [1.54, 1.807) is 28.2 Å². The molecule has 20 heavy (non-hydrogen) atoms. The number of nitrogens with zero attached hydrogens (tertiary/aromatic N) is 4. The fourth-order valence-electron chi connectivity index (χ4n) is 1.47. The molecule has 4 nitrogen and oxygen atoms in total. The SMILES string of the molecule is CC(C)(C1=C[CH]C=N1)c1ccc[n-]1.C[N-]C.C[N-]C.[Ti+3]. The number of hydrogen-bond acceptors (Lipinski definition) is 1. The van der Waals surface area contributed by atoms with Crippen LogP contribution in [0.25, 0.3) is 10.6 Å². The molecule has 0 bridgehead atoms. The summed E-state index contributed by atoms with van der Waals surface area (Å²) in [6, 6.07) is 3.99. The first-order valence-electron chi connectivity index (χ1n) is 6.16. The Morgan fingerprint density at radius 2 is 1.65 bits per heavy atom. The molecular formula is C15H24N4Ti. The van der Waals surface area contributed by atoms with Crippen molar-refractivity contribution in [1.29, 1.82) is 0 Å². The molecule has 1 aromatic heterocycles. The summed E-state index contributed by atoms with van der Waals surface area (Å²) in [4.78, 5) is 8.61. The van der Waals surface area contributed by atoms with Crippen molar-refractivity contribution in [3.8, 4) is 0 Å². The molecular weight excluding hydrogens is 284 g/mol. The van der Waals surface area contributed by atoms with Gasteiger partial charge in [-0.3, -0.25) is 4.99 Å². The third-order valence-corrected chi connectivity index (χ3v) is 2.39. The number of allylic oxidation sites excluding steroid dienone is 2. The average molecular weight is 308 g/mol. The van der Waals surface area contributed by atoms with Gasteiger partial charge in [-0.15, -0.1) is 5.69 Å². The van der Waals surface area contributed by atoms with E-state index in [-0.39, 0.29) is 27.1 Å². The van der Waals surface area contributed by atoms with Crippen LogP contribution in [-0.2, 0) is 27.1 Å². The maximum Gasteiger partial charge on any atom is 3.00 e. The third kappa shape index (κ3) is 7.20. The Balaban J connectivity index is 0. The van der Waals surface area contributed by atoms with Crippen LogP contribution in [0, 0.1) is 6.42 Å². The fourth-order valence-corrected chi connectivity index (χ4v) is 1.47. The maximum atomic E-state index is 4.30. The van der Waals surface area contributed by atoms with Gasteiger partial charge in [0.25, 0.3) is 0 Å². The number of hydrogen-bond donors (Lipinski definition) is 0. The third-order valence-electron chi connectivity index (χ3n) is 2.39. The van der Waals surface area contributed by atoms with Crippen molar-refractivity contribution in [2.45, 2.75) is 19.3 Å². The molecule has 108 valence electrons. The summed E-state index contributed by atoms with van der Waals surface area (Å²) in [5, 5.41) is 7.00. The molecule has 0 saturated heterocycles. The summed E-state index contributed by atoms with van der Waals surface area (Å²) in [5.74, 6) is 0. The molecule has 0 atom stereocenters. The predicted octanol–water partition coefficient (Wildman–Crippen LogP) is 3.33. The van der Waals surface area contributed by atoms with Crippen LogP contribution in [0.2, 0.25) is 0 Å². The van der Waals surface area contributed by atoms with Crippen molar-refractivity contribution in [3.05, 3.63) is 52.9 Å². The van der Waals surface area contributed by atoms with Gasteiger partial charge in [0.1, 0.15) is 0 Å². The molecule has 1 aliphatic rings. The summed E-state index contributed by atoms with van der Waals surface area (Å²) >= 11 is 0. The Hall–Kier alpha value is -0.676. The van der Waals surface area contributed by atoms with E-state index >= 15 is 0 Å². The molecule has 0 aliphatic carbocycles. The zero-order chi connectivity index (χ0) is 14.7. The number of aromatic nitrogens is 1. The molecule has 2 radical (unpaired) electrons. The summed E-state index contributed by atoms with van der Waals surface area (Å²) in [6.07, 6.45) is 7.63. The van der Waals surface area contributed by atoms with E-state index < -0.39 is 0 Å². The normalized spacial score (nSPS) is 12.4. The van der Waals surface area contributed by atoms with Gasteiger partial charge in [0, 0.05) is 23.7 Å². The maximum absolute atomic E-state index is 4.30. The van der Waals surface area contributed by atoms with Crippen LogP contribution in [0.15, 0.2) is 35.1 Å². The smallest absolute Gasteiger partial charge is 0.668 e.